The molecular weight excluding hydrogens is 268 g/mol. The average Bonchev–Trinajstić information content (AvgIpc) is 3.12. The summed E-state index contributed by atoms with van der Waals surface area (Å²) in [6.07, 6.45) is 2.43. The number of ether oxygens (including phenoxy) is 1. The maximum Gasteiger partial charge on any atom is 0.133 e. The Bertz CT molecular complexity index is 552. The van der Waals surface area contributed by atoms with Gasteiger partial charge in [0.15, 0.2) is 0 Å². The van der Waals surface area contributed by atoms with Crippen molar-refractivity contribution in [2.45, 2.75) is 18.8 Å². The van der Waals surface area contributed by atoms with Crippen molar-refractivity contribution in [2.75, 3.05) is 7.11 Å². The average molecular weight is 279 g/mol. The molecule has 3 nitrogen and oxygen atoms in total. The van der Waals surface area contributed by atoms with E-state index in [1.54, 1.807) is 7.11 Å². The van der Waals surface area contributed by atoms with Crippen LogP contribution in [0.1, 0.15) is 24.6 Å². The van der Waals surface area contributed by atoms with Gasteiger partial charge in [0.2, 0.25) is 0 Å². The van der Waals surface area contributed by atoms with E-state index < -0.39 is 0 Å². The van der Waals surface area contributed by atoms with Crippen LogP contribution >= 0.6 is 15.9 Å². The molecule has 0 N–H and O–H groups in total. The lowest BCUT2D eigenvalue weighted by molar-refractivity contribution is 0.415. The fourth-order valence-corrected chi connectivity index (χ4v) is 2.24. The number of halogens is 1. The number of methoxy groups -OCH3 is 1. The van der Waals surface area contributed by atoms with Crippen LogP contribution in [-0.4, -0.2) is 17.1 Å². The van der Waals surface area contributed by atoms with Gasteiger partial charge in [0.25, 0.3) is 0 Å². The van der Waals surface area contributed by atoms with E-state index in [0.29, 0.717) is 5.92 Å². The third-order valence-corrected chi connectivity index (χ3v) is 3.42. The lowest BCUT2D eigenvalue weighted by atomic mass is 10.2. The van der Waals surface area contributed by atoms with E-state index in [4.69, 9.17) is 4.74 Å². The summed E-state index contributed by atoms with van der Waals surface area (Å²) in [6, 6.07) is 5.86. The van der Waals surface area contributed by atoms with Crippen LogP contribution in [-0.2, 0) is 0 Å². The first-order valence-electron chi connectivity index (χ1n) is 5.29. The Balaban J connectivity index is 2.19. The Morgan fingerprint density at radius 1 is 1.31 bits per heavy atom. The maximum atomic E-state index is 5.19. The van der Waals surface area contributed by atoms with Crippen LogP contribution in [0.3, 0.4) is 0 Å². The molecule has 0 bridgehead atoms. The number of benzene rings is 1. The number of nitrogens with zero attached hydrogens (tertiary/aromatic N) is 2. The summed E-state index contributed by atoms with van der Waals surface area (Å²) in [4.78, 5) is 9.07. The Morgan fingerprint density at radius 2 is 2.12 bits per heavy atom. The van der Waals surface area contributed by atoms with Crippen molar-refractivity contribution < 1.29 is 4.74 Å². The Labute approximate surface area is 102 Å². The van der Waals surface area contributed by atoms with Crippen molar-refractivity contribution in [1.29, 1.82) is 0 Å². The summed E-state index contributed by atoms with van der Waals surface area (Å²) < 4.78 is 6.05. The van der Waals surface area contributed by atoms with Crippen LogP contribution in [0.2, 0.25) is 0 Å². The molecule has 0 radical (unpaired) electrons. The normalized spacial score (nSPS) is 15.4. The molecule has 0 saturated heterocycles. The van der Waals surface area contributed by atoms with E-state index in [9.17, 15) is 0 Å². The topological polar surface area (TPSA) is 35.0 Å². The largest absolute Gasteiger partial charge is 0.497 e. The Hall–Kier alpha value is -1.16. The van der Waals surface area contributed by atoms with Crippen LogP contribution < -0.4 is 4.74 Å². The lowest BCUT2D eigenvalue weighted by Crippen LogP contribution is -1.95. The molecule has 2 aromatic rings. The van der Waals surface area contributed by atoms with E-state index in [1.165, 1.54) is 12.8 Å². The van der Waals surface area contributed by atoms with Crippen LogP contribution in [0, 0.1) is 0 Å². The Kier molecular flexibility index (Phi) is 2.32. The summed E-state index contributed by atoms with van der Waals surface area (Å²) in [5.41, 5.74) is 0.976. The van der Waals surface area contributed by atoms with Crippen LogP contribution in [0.4, 0.5) is 0 Å². The molecule has 1 fully saturated rings. The van der Waals surface area contributed by atoms with Gasteiger partial charge in [-0.1, -0.05) is 0 Å². The fraction of sp³-hybridized carbons (Fsp3) is 0.333. The van der Waals surface area contributed by atoms with Crippen molar-refractivity contribution in [1.82, 2.24) is 9.97 Å². The zero-order valence-electron chi connectivity index (χ0n) is 8.90. The minimum absolute atomic E-state index is 0.572. The summed E-state index contributed by atoms with van der Waals surface area (Å²) in [5.74, 6) is 2.36. The quantitative estimate of drug-likeness (QED) is 0.791. The minimum Gasteiger partial charge on any atom is -0.497 e. The highest BCUT2D eigenvalue weighted by Crippen LogP contribution is 2.39. The van der Waals surface area contributed by atoms with Crippen LogP contribution in [0.25, 0.3) is 10.9 Å². The zero-order chi connectivity index (χ0) is 11.1. The third-order valence-electron chi connectivity index (χ3n) is 2.82. The van der Waals surface area contributed by atoms with E-state index in [-0.39, 0.29) is 0 Å². The van der Waals surface area contributed by atoms with Gasteiger partial charge in [0.05, 0.1) is 12.6 Å². The molecule has 0 unspecified atom stereocenters. The monoisotopic (exact) mass is 278 g/mol. The SMILES string of the molecule is COc1ccc2nc(C3CC3)nc(Br)c2c1. The number of rotatable bonds is 2. The molecule has 82 valence electrons. The second-order valence-electron chi connectivity index (χ2n) is 4.03. The minimum atomic E-state index is 0.572. The zero-order valence-corrected chi connectivity index (χ0v) is 10.5. The molecule has 1 aliphatic rings. The second kappa shape index (κ2) is 3.70. The predicted molar refractivity (Wildman–Crippen MR) is 65.8 cm³/mol. The van der Waals surface area contributed by atoms with Gasteiger partial charge in [-0.25, -0.2) is 9.97 Å². The summed E-state index contributed by atoms with van der Waals surface area (Å²) in [6.45, 7) is 0. The van der Waals surface area contributed by atoms with E-state index in [0.717, 1.165) is 27.1 Å². The molecule has 16 heavy (non-hydrogen) atoms. The summed E-state index contributed by atoms with van der Waals surface area (Å²) in [5, 5.41) is 1.00. The van der Waals surface area contributed by atoms with Crippen molar-refractivity contribution >= 4 is 26.8 Å². The molecule has 1 aromatic heterocycles. The highest BCUT2D eigenvalue weighted by atomic mass is 79.9. The molecule has 3 rings (SSSR count). The van der Waals surface area contributed by atoms with E-state index in [2.05, 4.69) is 25.9 Å². The fourth-order valence-electron chi connectivity index (χ4n) is 1.74. The number of fused-ring (bicyclic) bond motifs is 1. The van der Waals surface area contributed by atoms with Gasteiger partial charge in [-0.05, 0) is 47.0 Å². The molecule has 0 aliphatic heterocycles. The van der Waals surface area contributed by atoms with Gasteiger partial charge < -0.3 is 4.74 Å². The molecule has 1 saturated carbocycles. The van der Waals surface area contributed by atoms with E-state index >= 15 is 0 Å². The van der Waals surface area contributed by atoms with Crippen molar-refractivity contribution in [2.24, 2.45) is 0 Å². The molecule has 4 heteroatoms. The second-order valence-corrected chi connectivity index (χ2v) is 4.78. The van der Waals surface area contributed by atoms with Gasteiger partial charge >= 0.3 is 0 Å². The first-order chi connectivity index (χ1) is 7.78. The molecule has 1 aromatic carbocycles. The maximum absolute atomic E-state index is 5.19. The van der Waals surface area contributed by atoms with Gasteiger partial charge in [-0.3, -0.25) is 0 Å². The third kappa shape index (κ3) is 1.67. The smallest absolute Gasteiger partial charge is 0.133 e. The van der Waals surface area contributed by atoms with Crippen molar-refractivity contribution in [3.8, 4) is 5.75 Å². The van der Waals surface area contributed by atoms with Crippen LogP contribution in [0.5, 0.6) is 5.75 Å². The molecule has 0 atom stereocenters. The highest BCUT2D eigenvalue weighted by Gasteiger charge is 2.27. The lowest BCUT2D eigenvalue weighted by Gasteiger charge is -2.05. The first-order valence-corrected chi connectivity index (χ1v) is 6.08. The van der Waals surface area contributed by atoms with Gasteiger partial charge in [0.1, 0.15) is 16.2 Å². The highest BCUT2D eigenvalue weighted by molar-refractivity contribution is 9.10. The van der Waals surface area contributed by atoms with Crippen LogP contribution in [0.15, 0.2) is 22.8 Å². The summed E-state index contributed by atoms with van der Waals surface area (Å²) in [7, 11) is 1.66. The van der Waals surface area contributed by atoms with E-state index in [1.807, 2.05) is 18.2 Å². The number of hydrogen-bond donors (Lipinski definition) is 0. The molecular formula is C12H11BrN2O. The molecule has 0 amide bonds. The number of aromatic nitrogens is 2. The van der Waals surface area contributed by atoms with Gasteiger partial charge in [-0.15, -0.1) is 0 Å². The standard InChI is InChI=1S/C12H11BrN2O/c1-16-8-4-5-10-9(6-8)11(13)15-12(14-10)7-2-3-7/h4-7H,2-3H2,1H3. The van der Waals surface area contributed by atoms with Gasteiger partial charge in [0, 0.05) is 11.3 Å². The van der Waals surface area contributed by atoms with Gasteiger partial charge in [-0.2, -0.15) is 0 Å². The van der Waals surface area contributed by atoms with Crippen molar-refractivity contribution in [3.63, 3.8) is 0 Å². The Morgan fingerprint density at radius 3 is 2.81 bits per heavy atom. The molecule has 1 aliphatic carbocycles. The molecule has 1 heterocycles. The predicted octanol–water partition coefficient (Wildman–Crippen LogP) is 3.28. The van der Waals surface area contributed by atoms with Crippen molar-refractivity contribution in [3.05, 3.63) is 28.6 Å². The first kappa shape index (κ1) is 10.0. The number of hydrogen-bond acceptors (Lipinski definition) is 3. The molecule has 0 spiro atoms. The summed E-state index contributed by atoms with van der Waals surface area (Å²) >= 11 is 3.50.